The van der Waals surface area contributed by atoms with Gasteiger partial charge in [0.15, 0.2) is 0 Å². The summed E-state index contributed by atoms with van der Waals surface area (Å²) < 4.78 is 16.2. The molecule has 0 spiro atoms. The van der Waals surface area contributed by atoms with Gasteiger partial charge in [-0.2, -0.15) is 0 Å². The van der Waals surface area contributed by atoms with Gasteiger partial charge < -0.3 is 51.4 Å². The Bertz CT molecular complexity index is 1760. The fourth-order valence-electron chi connectivity index (χ4n) is 6.22. The molecule has 0 aromatic heterocycles. The molecule has 18 nitrogen and oxygen atoms in total. The summed E-state index contributed by atoms with van der Waals surface area (Å²) in [6, 6.07) is 3.27. The zero-order valence-electron chi connectivity index (χ0n) is 41.1. The Morgan fingerprint density at radius 3 is 1.42 bits per heavy atom. The van der Waals surface area contributed by atoms with Crippen molar-refractivity contribution in [1.82, 2.24) is 37.2 Å². The van der Waals surface area contributed by atoms with Gasteiger partial charge in [-0.05, 0) is 84.6 Å². The van der Waals surface area contributed by atoms with Crippen molar-refractivity contribution in [3.05, 3.63) is 35.9 Å². The van der Waals surface area contributed by atoms with Gasteiger partial charge in [-0.15, -0.1) is 0 Å². The summed E-state index contributed by atoms with van der Waals surface area (Å²) in [4.78, 5) is 108. The molecule has 0 fully saturated rings. The van der Waals surface area contributed by atoms with E-state index in [0.717, 1.165) is 5.56 Å². The molecular weight excluding hydrogens is 827 g/mol. The zero-order valence-corrected chi connectivity index (χ0v) is 41.1. The van der Waals surface area contributed by atoms with Crippen molar-refractivity contribution in [3.8, 4) is 0 Å². The van der Waals surface area contributed by atoms with Crippen molar-refractivity contribution in [2.24, 2.45) is 23.7 Å². The number of ether oxygens (including phenoxy) is 3. The number of hydrogen-bond donors (Lipinski definition) is 7. The number of rotatable bonds is 23. The van der Waals surface area contributed by atoms with Gasteiger partial charge in [0.1, 0.15) is 46.9 Å². The zero-order chi connectivity index (χ0) is 49.5. The molecule has 0 unspecified atom stereocenters. The average molecular weight is 904 g/mol. The van der Waals surface area contributed by atoms with Crippen molar-refractivity contribution in [1.29, 1.82) is 0 Å². The Kier molecular flexibility index (Phi) is 21.9. The Morgan fingerprint density at radius 1 is 0.547 bits per heavy atom. The summed E-state index contributed by atoms with van der Waals surface area (Å²) in [5, 5.41) is 18.8. The van der Waals surface area contributed by atoms with Crippen LogP contribution in [0.15, 0.2) is 30.3 Å². The van der Waals surface area contributed by atoms with Gasteiger partial charge in [0, 0.05) is 0 Å². The van der Waals surface area contributed by atoms with E-state index in [4.69, 9.17) is 14.2 Å². The lowest BCUT2D eigenvalue weighted by Crippen LogP contribution is -2.66. The van der Waals surface area contributed by atoms with Crippen LogP contribution in [0.2, 0.25) is 0 Å². The molecule has 1 aromatic rings. The smallest absolute Gasteiger partial charge is 0.408 e. The molecule has 0 aliphatic rings. The van der Waals surface area contributed by atoms with E-state index < -0.39 is 118 Å². The summed E-state index contributed by atoms with van der Waals surface area (Å²) in [6.07, 6.45) is -1.32. The van der Waals surface area contributed by atoms with Gasteiger partial charge in [0.05, 0.1) is 19.8 Å². The monoisotopic (exact) mass is 904 g/mol. The highest BCUT2D eigenvalue weighted by Crippen LogP contribution is 2.16. The molecule has 18 heteroatoms. The number of carbonyl (C=O) groups excluding carboxylic acids is 8. The SMILES string of the molecule is CC[C@H](C)[C@H](NC(=O)[C@@H](NC(=O)[C@@H](NC(=O)OC(C)(C)C)C(C)C)C(C)C)C(=O)NC(C)(C)C(=O)N[C@H](C(=O)N[C@H](C(=O)NC(C)(C)C(=O)OC)C(C)C)[C@@H](C)OCc1ccccc1. The fourth-order valence-corrected chi connectivity index (χ4v) is 6.22. The maximum atomic E-state index is 14.2. The van der Waals surface area contributed by atoms with Crippen LogP contribution in [-0.2, 0) is 54.4 Å². The molecule has 7 atom stereocenters. The maximum absolute atomic E-state index is 14.2. The quantitative estimate of drug-likeness (QED) is 0.0785. The van der Waals surface area contributed by atoms with Crippen molar-refractivity contribution in [3.63, 3.8) is 0 Å². The van der Waals surface area contributed by atoms with Crippen LogP contribution >= 0.6 is 0 Å². The van der Waals surface area contributed by atoms with Gasteiger partial charge in [0.25, 0.3) is 0 Å². The number of hydrogen-bond acceptors (Lipinski definition) is 11. The summed E-state index contributed by atoms with van der Waals surface area (Å²) in [5.41, 5.74) is -3.11. The summed E-state index contributed by atoms with van der Waals surface area (Å²) in [5.74, 6) is -6.64. The predicted molar refractivity (Wildman–Crippen MR) is 242 cm³/mol. The molecule has 0 saturated carbocycles. The molecule has 0 aliphatic carbocycles. The molecule has 1 aromatic carbocycles. The van der Waals surface area contributed by atoms with Crippen molar-refractivity contribution in [2.75, 3.05) is 7.11 Å². The van der Waals surface area contributed by atoms with Crippen LogP contribution in [0.1, 0.15) is 123 Å². The molecular formula is C46H77N7O11. The molecule has 0 bridgehead atoms. The minimum absolute atomic E-state index is 0.0791. The highest BCUT2D eigenvalue weighted by atomic mass is 16.6. The third kappa shape index (κ3) is 18.1. The van der Waals surface area contributed by atoms with E-state index in [1.165, 1.54) is 34.8 Å². The van der Waals surface area contributed by atoms with Crippen LogP contribution in [0.25, 0.3) is 0 Å². The first-order valence-electron chi connectivity index (χ1n) is 22.0. The number of nitrogens with one attached hydrogen (secondary N) is 7. The predicted octanol–water partition coefficient (Wildman–Crippen LogP) is 3.40. The van der Waals surface area contributed by atoms with Crippen molar-refractivity contribution < 1.29 is 52.6 Å². The van der Waals surface area contributed by atoms with E-state index in [-0.39, 0.29) is 12.5 Å². The van der Waals surface area contributed by atoms with E-state index in [1.54, 1.807) is 76.2 Å². The molecule has 0 heterocycles. The highest BCUT2D eigenvalue weighted by molar-refractivity contribution is 5.99. The normalized spacial score (nSPS) is 15.3. The standard InChI is InChI=1S/C46H77N7O11/c1-18-28(8)34(49-36(54)31(25(2)3)47-37(55)32(26(4)5)51-43(61)64-44(10,11)12)40(58)52-45(13,14)41(59)50-35(29(9)63-24-30-22-20-19-21-23-30)38(56)48-33(27(6)7)39(57)53-46(15,16)42(60)62-17/h19-23,25-29,31-35H,18,24H2,1-17H3,(H,47,55)(H,48,56)(H,49,54)(H,50,59)(H,51,61)(H,52,58)(H,53,57)/t28-,29+,31-,32-,33-,34-,35-/m0/s1. The van der Waals surface area contributed by atoms with Crippen molar-refractivity contribution >= 4 is 47.5 Å². The Hall–Kier alpha value is -5.26. The van der Waals surface area contributed by atoms with E-state index in [0.29, 0.717) is 6.42 Å². The number of methoxy groups -OCH3 is 1. The second kappa shape index (κ2) is 24.7. The van der Waals surface area contributed by atoms with Gasteiger partial charge >= 0.3 is 12.1 Å². The molecule has 7 N–H and O–H groups in total. The summed E-state index contributed by atoms with van der Waals surface area (Å²) in [7, 11) is 1.19. The number of carbonyl (C=O) groups is 8. The van der Waals surface area contributed by atoms with Gasteiger partial charge in [-0.3, -0.25) is 28.8 Å². The highest BCUT2D eigenvalue weighted by Gasteiger charge is 2.41. The van der Waals surface area contributed by atoms with Crippen LogP contribution in [0.5, 0.6) is 0 Å². The lowest BCUT2D eigenvalue weighted by atomic mass is 9.94. The average Bonchev–Trinajstić information content (AvgIpc) is 3.18. The lowest BCUT2D eigenvalue weighted by molar-refractivity contribution is -0.150. The molecule has 0 radical (unpaired) electrons. The third-order valence-electron chi connectivity index (χ3n) is 10.4. The minimum Gasteiger partial charge on any atom is -0.467 e. The second-order valence-electron chi connectivity index (χ2n) is 19.4. The molecule has 0 aliphatic heterocycles. The number of esters is 1. The Balaban J connectivity index is 3.41. The van der Waals surface area contributed by atoms with Crippen LogP contribution in [0.4, 0.5) is 4.79 Å². The van der Waals surface area contributed by atoms with Crippen LogP contribution in [-0.4, -0.2) is 108 Å². The third-order valence-corrected chi connectivity index (χ3v) is 10.4. The number of benzene rings is 1. The van der Waals surface area contributed by atoms with E-state index in [1.807, 2.05) is 37.3 Å². The number of amides is 7. The van der Waals surface area contributed by atoms with Crippen LogP contribution < -0.4 is 37.2 Å². The first kappa shape index (κ1) is 56.8. The Labute approximate surface area is 380 Å². The van der Waals surface area contributed by atoms with Crippen LogP contribution in [0, 0.1) is 23.7 Å². The van der Waals surface area contributed by atoms with Gasteiger partial charge in [0.2, 0.25) is 35.4 Å². The molecule has 362 valence electrons. The van der Waals surface area contributed by atoms with E-state index >= 15 is 0 Å². The van der Waals surface area contributed by atoms with E-state index in [2.05, 4.69) is 37.2 Å². The maximum Gasteiger partial charge on any atom is 0.408 e. The summed E-state index contributed by atoms with van der Waals surface area (Å²) in [6.45, 7) is 26.4. The first-order valence-corrected chi connectivity index (χ1v) is 22.0. The molecule has 1 rings (SSSR count). The fraction of sp³-hybridized carbons (Fsp3) is 0.696. The van der Waals surface area contributed by atoms with E-state index in [9.17, 15) is 38.4 Å². The van der Waals surface area contributed by atoms with Crippen LogP contribution in [0.3, 0.4) is 0 Å². The topological polar surface area (TPSA) is 248 Å². The summed E-state index contributed by atoms with van der Waals surface area (Å²) >= 11 is 0. The van der Waals surface area contributed by atoms with Gasteiger partial charge in [-0.25, -0.2) is 9.59 Å². The second-order valence-corrected chi connectivity index (χ2v) is 19.4. The molecule has 64 heavy (non-hydrogen) atoms. The first-order chi connectivity index (χ1) is 29.4. The molecule has 0 saturated heterocycles. The number of alkyl carbamates (subject to hydrolysis) is 1. The molecule has 7 amide bonds. The minimum atomic E-state index is -1.69. The largest absolute Gasteiger partial charge is 0.467 e. The van der Waals surface area contributed by atoms with Crippen molar-refractivity contribution in [2.45, 2.75) is 177 Å². The Morgan fingerprint density at radius 2 is 0.969 bits per heavy atom. The lowest BCUT2D eigenvalue weighted by Gasteiger charge is -2.34. The van der Waals surface area contributed by atoms with Gasteiger partial charge in [-0.1, -0.05) is 92.1 Å².